The molecule has 0 aromatic heterocycles. The molecule has 0 unspecified atom stereocenters. The highest BCUT2D eigenvalue weighted by Gasteiger charge is 2.10. The molecule has 15 heavy (non-hydrogen) atoms. The van der Waals surface area contributed by atoms with E-state index in [9.17, 15) is 4.79 Å². The van der Waals surface area contributed by atoms with Gasteiger partial charge in [0, 0.05) is 18.8 Å². The van der Waals surface area contributed by atoms with Gasteiger partial charge in [-0.25, -0.2) is 4.79 Å². The molecule has 0 amide bonds. The van der Waals surface area contributed by atoms with E-state index in [1.807, 2.05) is 26.1 Å². The van der Waals surface area contributed by atoms with E-state index in [2.05, 4.69) is 18.7 Å². The van der Waals surface area contributed by atoms with Gasteiger partial charge in [0.2, 0.25) is 0 Å². The average molecular weight is 207 g/mol. The Balaban J connectivity index is 3.06. The Morgan fingerprint density at radius 2 is 2.00 bits per heavy atom. The van der Waals surface area contributed by atoms with Gasteiger partial charge in [-0.3, -0.25) is 0 Å². The molecule has 0 bridgehead atoms. The maximum absolute atomic E-state index is 10.8. The van der Waals surface area contributed by atoms with Gasteiger partial charge in [-0.1, -0.05) is 0 Å². The summed E-state index contributed by atoms with van der Waals surface area (Å²) in [4.78, 5) is 12.9. The minimum atomic E-state index is -0.869. The largest absolute Gasteiger partial charge is 0.478 e. The molecule has 1 N–H and O–H groups in total. The molecule has 1 rings (SSSR count). The molecule has 3 nitrogen and oxygen atoms in total. The molecule has 0 radical (unpaired) electrons. The molecule has 1 aromatic carbocycles. The van der Waals surface area contributed by atoms with Crippen LogP contribution in [-0.2, 0) is 0 Å². The van der Waals surface area contributed by atoms with Gasteiger partial charge >= 0.3 is 5.97 Å². The molecule has 0 aliphatic heterocycles. The zero-order valence-corrected chi connectivity index (χ0v) is 9.61. The summed E-state index contributed by atoms with van der Waals surface area (Å²) in [6.45, 7) is 6.02. The molecule has 1 aromatic rings. The first kappa shape index (κ1) is 11.6. The SMILES string of the molecule is Cc1cc(N(C)C(C)C)ccc1C(=O)O. The summed E-state index contributed by atoms with van der Waals surface area (Å²) in [5.41, 5.74) is 2.22. The fourth-order valence-corrected chi connectivity index (χ4v) is 1.41. The number of carboxylic acids is 1. The lowest BCUT2D eigenvalue weighted by Gasteiger charge is -2.24. The number of nitrogens with zero attached hydrogens (tertiary/aromatic N) is 1. The predicted octanol–water partition coefficient (Wildman–Crippen LogP) is 2.54. The highest BCUT2D eigenvalue weighted by atomic mass is 16.4. The van der Waals surface area contributed by atoms with E-state index in [1.165, 1.54) is 0 Å². The Morgan fingerprint density at radius 1 is 1.40 bits per heavy atom. The summed E-state index contributed by atoms with van der Waals surface area (Å²) in [7, 11) is 2.00. The molecule has 0 heterocycles. The Labute approximate surface area is 90.3 Å². The van der Waals surface area contributed by atoms with Crippen LogP contribution in [0, 0.1) is 6.92 Å². The van der Waals surface area contributed by atoms with E-state index in [0.717, 1.165) is 11.3 Å². The molecule has 0 saturated heterocycles. The van der Waals surface area contributed by atoms with Gasteiger partial charge in [-0.15, -0.1) is 0 Å². The van der Waals surface area contributed by atoms with Crippen molar-refractivity contribution < 1.29 is 9.90 Å². The molecular formula is C12H17NO2. The van der Waals surface area contributed by atoms with Crippen LogP contribution in [0.3, 0.4) is 0 Å². The maximum atomic E-state index is 10.8. The summed E-state index contributed by atoms with van der Waals surface area (Å²) in [5.74, 6) is -0.869. The first-order valence-corrected chi connectivity index (χ1v) is 5.00. The number of carboxylic acid groups (broad SMARTS) is 1. The molecule has 0 fully saturated rings. The van der Waals surface area contributed by atoms with Crippen molar-refractivity contribution in [2.75, 3.05) is 11.9 Å². The monoisotopic (exact) mass is 207 g/mol. The van der Waals surface area contributed by atoms with Crippen LogP contribution in [-0.4, -0.2) is 24.2 Å². The van der Waals surface area contributed by atoms with Gasteiger partial charge in [0.05, 0.1) is 5.56 Å². The zero-order valence-electron chi connectivity index (χ0n) is 9.61. The van der Waals surface area contributed by atoms with E-state index in [-0.39, 0.29) is 0 Å². The molecule has 0 aliphatic carbocycles. The van der Waals surface area contributed by atoms with E-state index in [0.29, 0.717) is 11.6 Å². The van der Waals surface area contributed by atoms with E-state index in [4.69, 9.17) is 5.11 Å². The first-order valence-electron chi connectivity index (χ1n) is 5.00. The highest BCUT2D eigenvalue weighted by molar-refractivity contribution is 5.89. The van der Waals surface area contributed by atoms with Gasteiger partial charge in [-0.2, -0.15) is 0 Å². The van der Waals surface area contributed by atoms with Crippen LogP contribution < -0.4 is 4.90 Å². The lowest BCUT2D eigenvalue weighted by Crippen LogP contribution is -2.25. The van der Waals surface area contributed by atoms with Crippen molar-refractivity contribution in [1.29, 1.82) is 0 Å². The standard InChI is InChI=1S/C12H17NO2/c1-8(2)13(4)10-5-6-11(12(14)15)9(3)7-10/h5-8H,1-4H3,(H,14,15). The second-order valence-electron chi connectivity index (χ2n) is 4.01. The lowest BCUT2D eigenvalue weighted by molar-refractivity contribution is 0.0696. The van der Waals surface area contributed by atoms with Gasteiger partial charge < -0.3 is 10.0 Å². The van der Waals surface area contributed by atoms with Crippen LogP contribution in [0.2, 0.25) is 0 Å². The van der Waals surface area contributed by atoms with Gasteiger partial charge in [0.1, 0.15) is 0 Å². The topological polar surface area (TPSA) is 40.5 Å². The molecule has 0 aliphatic rings. The molecule has 3 heteroatoms. The smallest absolute Gasteiger partial charge is 0.335 e. The fraction of sp³-hybridized carbons (Fsp3) is 0.417. The van der Waals surface area contributed by atoms with E-state index < -0.39 is 5.97 Å². The third kappa shape index (κ3) is 2.49. The maximum Gasteiger partial charge on any atom is 0.335 e. The van der Waals surface area contributed by atoms with Crippen LogP contribution in [0.1, 0.15) is 29.8 Å². The van der Waals surface area contributed by atoms with E-state index in [1.54, 1.807) is 6.07 Å². The summed E-state index contributed by atoms with van der Waals surface area (Å²) < 4.78 is 0. The predicted molar refractivity (Wildman–Crippen MR) is 61.7 cm³/mol. The number of aromatic carboxylic acids is 1. The van der Waals surface area contributed by atoms with Crippen LogP contribution in [0.25, 0.3) is 0 Å². The van der Waals surface area contributed by atoms with Crippen molar-refractivity contribution in [3.8, 4) is 0 Å². The van der Waals surface area contributed by atoms with Crippen LogP contribution >= 0.6 is 0 Å². The average Bonchev–Trinajstić information content (AvgIpc) is 2.15. The molecular weight excluding hydrogens is 190 g/mol. The fourth-order valence-electron chi connectivity index (χ4n) is 1.41. The summed E-state index contributed by atoms with van der Waals surface area (Å²) in [5, 5.41) is 8.89. The number of hydrogen-bond donors (Lipinski definition) is 1. The van der Waals surface area contributed by atoms with E-state index >= 15 is 0 Å². The second-order valence-corrected chi connectivity index (χ2v) is 4.01. The number of anilines is 1. The normalized spacial score (nSPS) is 10.5. The quantitative estimate of drug-likeness (QED) is 0.828. The van der Waals surface area contributed by atoms with Gasteiger partial charge in [-0.05, 0) is 44.5 Å². The number of rotatable bonds is 3. The Hall–Kier alpha value is -1.51. The molecule has 82 valence electrons. The van der Waals surface area contributed by atoms with Gasteiger partial charge in [0.15, 0.2) is 0 Å². The number of carbonyl (C=O) groups is 1. The van der Waals surface area contributed by atoms with Crippen LogP contribution in [0.15, 0.2) is 18.2 Å². The number of hydrogen-bond acceptors (Lipinski definition) is 2. The minimum Gasteiger partial charge on any atom is -0.478 e. The summed E-state index contributed by atoms with van der Waals surface area (Å²) in [6.07, 6.45) is 0. The molecule has 0 saturated carbocycles. The van der Waals surface area contributed by atoms with Crippen molar-refractivity contribution in [2.24, 2.45) is 0 Å². The third-order valence-electron chi connectivity index (χ3n) is 2.62. The van der Waals surface area contributed by atoms with Crippen LogP contribution in [0.4, 0.5) is 5.69 Å². The Bertz CT molecular complexity index is 372. The van der Waals surface area contributed by atoms with Crippen molar-refractivity contribution in [2.45, 2.75) is 26.8 Å². The Kier molecular flexibility index (Phi) is 3.35. The van der Waals surface area contributed by atoms with Crippen LogP contribution in [0.5, 0.6) is 0 Å². The highest BCUT2D eigenvalue weighted by Crippen LogP contribution is 2.19. The number of benzene rings is 1. The van der Waals surface area contributed by atoms with Crippen molar-refractivity contribution in [3.05, 3.63) is 29.3 Å². The van der Waals surface area contributed by atoms with Crippen molar-refractivity contribution in [3.63, 3.8) is 0 Å². The van der Waals surface area contributed by atoms with Crippen molar-refractivity contribution >= 4 is 11.7 Å². The molecule has 0 spiro atoms. The second kappa shape index (κ2) is 4.34. The first-order chi connectivity index (χ1) is 6.93. The third-order valence-corrected chi connectivity index (χ3v) is 2.62. The Morgan fingerprint density at radius 3 is 2.40 bits per heavy atom. The molecule has 0 atom stereocenters. The number of aryl methyl sites for hydroxylation is 1. The minimum absolute atomic E-state index is 0.371. The zero-order chi connectivity index (χ0) is 11.6. The van der Waals surface area contributed by atoms with Crippen molar-refractivity contribution in [1.82, 2.24) is 0 Å². The summed E-state index contributed by atoms with van der Waals surface area (Å²) in [6, 6.07) is 5.81. The van der Waals surface area contributed by atoms with Gasteiger partial charge in [0.25, 0.3) is 0 Å². The lowest BCUT2D eigenvalue weighted by atomic mass is 10.1. The summed E-state index contributed by atoms with van der Waals surface area (Å²) >= 11 is 0.